The zero-order chi connectivity index (χ0) is 12.8. The van der Waals surface area contributed by atoms with Gasteiger partial charge in [0.05, 0.1) is 18.6 Å². The number of hydrogen-bond donors (Lipinski definition) is 1. The van der Waals surface area contributed by atoms with Gasteiger partial charge >= 0.3 is 0 Å². The Morgan fingerprint density at radius 2 is 2.28 bits per heavy atom. The minimum atomic E-state index is 0.903. The smallest absolute Gasteiger partial charge is 0.0952 e. The molecule has 0 aliphatic heterocycles. The number of thiophene rings is 1. The van der Waals surface area contributed by atoms with Crippen LogP contribution in [0.5, 0.6) is 0 Å². The summed E-state index contributed by atoms with van der Waals surface area (Å²) in [4.78, 5) is 5.72. The monoisotopic (exact) mass is 263 g/mol. The van der Waals surface area contributed by atoms with E-state index in [0.29, 0.717) is 0 Å². The fourth-order valence-corrected chi connectivity index (χ4v) is 2.98. The standard InChI is InChI=1S/C14H21N3S/c1-3-6-15-8-13-9-16-11-17(13)10-14-12(4-2)5-7-18-14/h5,7,9,11,15H,3-4,6,8,10H2,1-2H3. The van der Waals surface area contributed by atoms with Crippen molar-refractivity contribution in [3.05, 3.63) is 40.1 Å². The number of aryl methyl sites for hydroxylation is 1. The van der Waals surface area contributed by atoms with Crippen LogP contribution >= 0.6 is 11.3 Å². The van der Waals surface area contributed by atoms with Crippen molar-refractivity contribution in [2.24, 2.45) is 0 Å². The maximum atomic E-state index is 4.26. The van der Waals surface area contributed by atoms with Gasteiger partial charge in [0.15, 0.2) is 0 Å². The van der Waals surface area contributed by atoms with Crippen molar-refractivity contribution in [1.82, 2.24) is 14.9 Å². The van der Waals surface area contributed by atoms with Crippen LogP contribution in [0.2, 0.25) is 0 Å². The summed E-state index contributed by atoms with van der Waals surface area (Å²) < 4.78 is 2.24. The average Bonchev–Trinajstić information content (AvgIpc) is 3.00. The largest absolute Gasteiger partial charge is 0.328 e. The van der Waals surface area contributed by atoms with Gasteiger partial charge in [0.1, 0.15) is 0 Å². The third kappa shape index (κ3) is 3.21. The maximum absolute atomic E-state index is 4.26. The van der Waals surface area contributed by atoms with Crippen molar-refractivity contribution in [1.29, 1.82) is 0 Å². The molecule has 0 aliphatic rings. The van der Waals surface area contributed by atoms with Gasteiger partial charge in [-0.05, 0) is 36.4 Å². The lowest BCUT2D eigenvalue weighted by Crippen LogP contribution is -2.17. The minimum Gasteiger partial charge on any atom is -0.328 e. The first-order valence-corrected chi connectivity index (χ1v) is 7.48. The Balaban J connectivity index is 2.03. The molecule has 0 unspecified atom stereocenters. The van der Waals surface area contributed by atoms with Gasteiger partial charge in [-0.25, -0.2) is 4.98 Å². The van der Waals surface area contributed by atoms with E-state index in [1.54, 1.807) is 0 Å². The van der Waals surface area contributed by atoms with Gasteiger partial charge in [0.2, 0.25) is 0 Å². The number of nitrogens with zero attached hydrogens (tertiary/aromatic N) is 2. The zero-order valence-electron chi connectivity index (χ0n) is 11.1. The van der Waals surface area contributed by atoms with Crippen molar-refractivity contribution < 1.29 is 0 Å². The number of nitrogens with one attached hydrogen (secondary N) is 1. The van der Waals surface area contributed by atoms with Crippen LogP contribution in [0.25, 0.3) is 0 Å². The molecular weight excluding hydrogens is 242 g/mol. The van der Waals surface area contributed by atoms with Crippen molar-refractivity contribution in [2.45, 2.75) is 39.8 Å². The van der Waals surface area contributed by atoms with E-state index in [9.17, 15) is 0 Å². The molecule has 0 aliphatic carbocycles. The van der Waals surface area contributed by atoms with Gasteiger partial charge in [0, 0.05) is 17.6 Å². The highest BCUT2D eigenvalue weighted by atomic mass is 32.1. The minimum absolute atomic E-state index is 0.903. The summed E-state index contributed by atoms with van der Waals surface area (Å²) in [5.41, 5.74) is 2.72. The molecule has 3 nitrogen and oxygen atoms in total. The second kappa shape index (κ2) is 6.71. The van der Waals surface area contributed by atoms with E-state index in [1.807, 2.05) is 23.9 Å². The van der Waals surface area contributed by atoms with Gasteiger partial charge in [0.25, 0.3) is 0 Å². The average molecular weight is 263 g/mol. The van der Waals surface area contributed by atoms with E-state index in [-0.39, 0.29) is 0 Å². The highest BCUT2D eigenvalue weighted by Crippen LogP contribution is 2.19. The van der Waals surface area contributed by atoms with Gasteiger partial charge in [-0.15, -0.1) is 11.3 Å². The van der Waals surface area contributed by atoms with E-state index in [4.69, 9.17) is 0 Å². The van der Waals surface area contributed by atoms with Crippen molar-refractivity contribution in [3.63, 3.8) is 0 Å². The second-order valence-electron chi connectivity index (χ2n) is 4.41. The number of aromatic nitrogens is 2. The Hall–Kier alpha value is -1.13. The topological polar surface area (TPSA) is 29.9 Å². The second-order valence-corrected chi connectivity index (χ2v) is 5.41. The Labute approximate surface area is 113 Å². The Morgan fingerprint density at radius 3 is 3.06 bits per heavy atom. The van der Waals surface area contributed by atoms with Gasteiger partial charge in [-0.1, -0.05) is 13.8 Å². The lowest BCUT2D eigenvalue weighted by molar-refractivity contribution is 0.631. The van der Waals surface area contributed by atoms with Crippen LogP contribution in [0, 0.1) is 0 Å². The Bertz CT molecular complexity index is 473. The number of rotatable bonds is 7. The molecule has 18 heavy (non-hydrogen) atoms. The summed E-state index contributed by atoms with van der Waals surface area (Å²) in [6.07, 6.45) is 6.17. The molecule has 0 amide bonds. The number of hydrogen-bond acceptors (Lipinski definition) is 3. The van der Waals surface area contributed by atoms with Gasteiger partial charge in [-0.2, -0.15) is 0 Å². The van der Waals surface area contributed by atoms with E-state index >= 15 is 0 Å². The SMILES string of the molecule is CCCNCc1cncn1Cc1sccc1CC. The van der Waals surface area contributed by atoms with Crippen LogP contribution in [0.4, 0.5) is 0 Å². The zero-order valence-corrected chi connectivity index (χ0v) is 12.0. The predicted octanol–water partition coefficient (Wildman–Crippen LogP) is 3.05. The molecule has 2 heterocycles. The van der Waals surface area contributed by atoms with Gasteiger partial charge < -0.3 is 9.88 Å². The molecule has 0 radical (unpaired) electrons. The lowest BCUT2D eigenvalue weighted by atomic mass is 10.2. The van der Waals surface area contributed by atoms with Crippen LogP contribution in [0.1, 0.15) is 36.4 Å². The van der Waals surface area contributed by atoms with Crippen LogP contribution in [-0.2, 0) is 19.5 Å². The molecule has 0 fully saturated rings. The van der Waals surface area contributed by atoms with Crippen molar-refractivity contribution in [3.8, 4) is 0 Å². The predicted molar refractivity (Wildman–Crippen MR) is 77.0 cm³/mol. The molecule has 1 N–H and O–H groups in total. The summed E-state index contributed by atoms with van der Waals surface area (Å²) in [5, 5.41) is 5.61. The molecule has 0 saturated heterocycles. The highest BCUT2D eigenvalue weighted by Gasteiger charge is 2.06. The quantitative estimate of drug-likeness (QED) is 0.778. The molecule has 2 aromatic heterocycles. The van der Waals surface area contributed by atoms with E-state index in [1.165, 1.54) is 22.6 Å². The summed E-state index contributed by atoms with van der Waals surface area (Å²) >= 11 is 1.84. The van der Waals surface area contributed by atoms with Crippen molar-refractivity contribution in [2.75, 3.05) is 6.54 Å². The molecule has 0 bridgehead atoms. The Morgan fingerprint density at radius 1 is 1.39 bits per heavy atom. The molecule has 98 valence electrons. The van der Waals surface area contributed by atoms with Gasteiger partial charge in [-0.3, -0.25) is 0 Å². The first-order valence-electron chi connectivity index (χ1n) is 6.60. The first-order chi connectivity index (χ1) is 8.85. The molecule has 2 aromatic rings. The summed E-state index contributed by atoms with van der Waals surface area (Å²) in [6, 6.07) is 2.23. The fourth-order valence-electron chi connectivity index (χ4n) is 2.01. The fraction of sp³-hybridized carbons (Fsp3) is 0.500. The molecule has 0 saturated carbocycles. The first kappa shape index (κ1) is 13.3. The normalized spacial score (nSPS) is 11.0. The molecule has 4 heteroatoms. The third-order valence-corrected chi connectivity index (χ3v) is 4.01. The molecule has 2 rings (SSSR count). The summed E-state index contributed by atoms with van der Waals surface area (Å²) in [7, 11) is 0. The number of imidazole rings is 1. The highest BCUT2D eigenvalue weighted by molar-refractivity contribution is 7.10. The van der Waals surface area contributed by atoms with Crippen LogP contribution in [0.15, 0.2) is 24.0 Å². The van der Waals surface area contributed by atoms with E-state index < -0.39 is 0 Å². The Kier molecular flexibility index (Phi) is 4.96. The van der Waals surface area contributed by atoms with E-state index in [0.717, 1.165) is 26.1 Å². The molecule has 0 spiro atoms. The van der Waals surface area contributed by atoms with Crippen LogP contribution in [0.3, 0.4) is 0 Å². The third-order valence-electron chi connectivity index (χ3n) is 3.06. The van der Waals surface area contributed by atoms with Crippen molar-refractivity contribution >= 4 is 11.3 Å². The van der Waals surface area contributed by atoms with Crippen LogP contribution < -0.4 is 5.32 Å². The molecule has 0 atom stereocenters. The lowest BCUT2D eigenvalue weighted by Gasteiger charge is -2.09. The van der Waals surface area contributed by atoms with Crippen LogP contribution in [-0.4, -0.2) is 16.1 Å². The molecular formula is C14H21N3S. The molecule has 0 aromatic carbocycles. The van der Waals surface area contributed by atoms with E-state index in [2.05, 4.69) is 40.2 Å². The maximum Gasteiger partial charge on any atom is 0.0952 e. The summed E-state index contributed by atoms with van der Waals surface area (Å²) in [5.74, 6) is 0. The summed E-state index contributed by atoms with van der Waals surface area (Å²) in [6.45, 7) is 7.31.